The summed E-state index contributed by atoms with van der Waals surface area (Å²) in [6.45, 7) is 0. The lowest BCUT2D eigenvalue weighted by Gasteiger charge is -2.06. The van der Waals surface area contributed by atoms with Crippen LogP contribution in [0, 0.1) is 0 Å². The van der Waals surface area contributed by atoms with Crippen LogP contribution >= 0.6 is 11.6 Å². The molecule has 0 bridgehead atoms. The number of benzene rings is 1. The first-order chi connectivity index (χ1) is 10.9. The topological polar surface area (TPSA) is 63.8 Å². The predicted molar refractivity (Wildman–Crippen MR) is 77.3 cm³/mol. The van der Waals surface area contributed by atoms with E-state index in [1.807, 2.05) is 0 Å². The number of hydrogen-bond acceptors (Lipinski definition) is 5. The lowest BCUT2D eigenvalue weighted by Crippen LogP contribution is -2.03. The number of hydrogen-bond donors (Lipinski definition) is 1. The van der Waals surface area contributed by atoms with E-state index in [-0.39, 0.29) is 11.2 Å². The zero-order valence-electron chi connectivity index (χ0n) is 11.3. The highest BCUT2D eigenvalue weighted by Crippen LogP contribution is 2.31. The minimum absolute atomic E-state index is 0.0671. The van der Waals surface area contributed by atoms with E-state index in [0.29, 0.717) is 17.1 Å². The second kappa shape index (κ2) is 5.88. The molecular formula is C14H8ClF3N4O. The van der Waals surface area contributed by atoms with Crippen molar-refractivity contribution in [2.24, 2.45) is 0 Å². The van der Waals surface area contributed by atoms with Crippen LogP contribution in [0.5, 0.6) is 0 Å². The van der Waals surface area contributed by atoms with Gasteiger partial charge in [0.15, 0.2) is 0 Å². The Balaban J connectivity index is 1.79. The summed E-state index contributed by atoms with van der Waals surface area (Å²) in [5.74, 6) is 0.676. The zero-order valence-corrected chi connectivity index (χ0v) is 12.1. The van der Waals surface area contributed by atoms with Crippen LogP contribution in [0.4, 0.5) is 24.9 Å². The first kappa shape index (κ1) is 15.3. The third-order valence-corrected chi connectivity index (χ3v) is 3.08. The van der Waals surface area contributed by atoms with E-state index < -0.39 is 11.7 Å². The average Bonchev–Trinajstić information content (AvgIpc) is 2.95. The summed E-state index contributed by atoms with van der Waals surface area (Å²) in [6.07, 6.45) is -2.91. The Kier molecular flexibility index (Phi) is 3.91. The van der Waals surface area contributed by atoms with Gasteiger partial charge in [-0.05, 0) is 29.8 Å². The number of aromatic nitrogens is 3. The molecule has 1 N–H and O–H groups in total. The molecule has 0 aliphatic rings. The van der Waals surface area contributed by atoms with Gasteiger partial charge in [-0.25, -0.2) is 9.97 Å². The van der Waals surface area contributed by atoms with Gasteiger partial charge < -0.3 is 9.84 Å². The van der Waals surface area contributed by atoms with Crippen molar-refractivity contribution in [3.63, 3.8) is 0 Å². The van der Waals surface area contributed by atoms with Gasteiger partial charge in [-0.15, -0.1) is 0 Å². The molecule has 9 heteroatoms. The van der Waals surface area contributed by atoms with E-state index in [2.05, 4.69) is 20.4 Å². The van der Waals surface area contributed by atoms with Crippen molar-refractivity contribution >= 4 is 23.3 Å². The maximum atomic E-state index is 12.5. The fourth-order valence-corrected chi connectivity index (χ4v) is 1.98. The highest BCUT2D eigenvalue weighted by molar-refractivity contribution is 6.28. The molecule has 0 saturated heterocycles. The number of nitrogens with zero attached hydrogens (tertiary/aromatic N) is 3. The second-order valence-corrected chi connectivity index (χ2v) is 4.83. The molecular weight excluding hydrogens is 333 g/mol. The number of nitrogens with one attached hydrogen (secondary N) is 1. The van der Waals surface area contributed by atoms with Crippen LogP contribution in [0.3, 0.4) is 0 Å². The van der Waals surface area contributed by atoms with Gasteiger partial charge in [0.25, 0.3) is 0 Å². The van der Waals surface area contributed by atoms with Crippen LogP contribution in [0.1, 0.15) is 5.56 Å². The van der Waals surface area contributed by atoms with E-state index in [9.17, 15) is 13.2 Å². The summed E-state index contributed by atoms with van der Waals surface area (Å²) in [4.78, 5) is 7.66. The molecule has 118 valence electrons. The molecule has 0 fully saturated rings. The molecule has 0 radical (unpaired) electrons. The predicted octanol–water partition coefficient (Wildman–Crippen LogP) is 4.55. The molecule has 0 amide bonds. The first-order valence-electron chi connectivity index (χ1n) is 6.32. The Morgan fingerprint density at radius 1 is 1.09 bits per heavy atom. The van der Waals surface area contributed by atoms with Crippen molar-refractivity contribution < 1.29 is 17.7 Å². The van der Waals surface area contributed by atoms with Crippen LogP contribution in [-0.4, -0.2) is 15.1 Å². The van der Waals surface area contributed by atoms with Gasteiger partial charge in [-0.3, -0.25) is 0 Å². The number of alkyl halides is 3. The molecule has 0 atom stereocenters. The lowest BCUT2D eigenvalue weighted by molar-refractivity contribution is -0.137. The smallest absolute Gasteiger partial charge is 0.338 e. The molecule has 0 aliphatic heterocycles. The van der Waals surface area contributed by atoms with Gasteiger partial charge in [0.05, 0.1) is 5.56 Å². The molecule has 0 saturated carbocycles. The van der Waals surface area contributed by atoms with E-state index in [1.54, 1.807) is 12.1 Å². The van der Waals surface area contributed by atoms with E-state index in [4.69, 9.17) is 16.1 Å². The Morgan fingerprint density at radius 3 is 2.48 bits per heavy atom. The van der Waals surface area contributed by atoms with Gasteiger partial charge in [-0.1, -0.05) is 17.3 Å². The van der Waals surface area contributed by atoms with E-state index in [0.717, 1.165) is 12.1 Å². The molecule has 1 aromatic carbocycles. The van der Waals surface area contributed by atoms with Gasteiger partial charge in [0.2, 0.25) is 11.2 Å². The summed E-state index contributed by atoms with van der Waals surface area (Å²) in [7, 11) is 0. The minimum atomic E-state index is -4.37. The maximum Gasteiger partial charge on any atom is 0.416 e. The zero-order chi connectivity index (χ0) is 16.4. The molecule has 0 aliphatic carbocycles. The SMILES string of the molecule is FC(F)(F)c1ccc(-c2cc(Nc3ccnc(Cl)n3)on2)cc1. The van der Waals surface area contributed by atoms with Crippen molar-refractivity contribution in [1.29, 1.82) is 0 Å². The largest absolute Gasteiger partial charge is 0.416 e. The first-order valence-corrected chi connectivity index (χ1v) is 6.69. The maximum absolute atomic E-state index is 12.5. The van der Waals surface area contributed by atoms with Gasteiger partial charge in [-0.2, -0.15) is 13.2 Å². The van der Waals surface area contributed by atoms with Crippen molar-refractivity contribution in [2.45, 2.75) is 6.18 Å². The Bertz CT molecular complexity index is 817. The third-order valence-electron chi connectivity index (χ3n) is 2.90. The highest BCUT2D eigenvalue weighted by Gasteiger charge is 2.30. The fourth-order valence-electron chi connectivity index (χ4n) is 1.83. The Labute approximate surface area is 133 Å². The van der Waals surface area contributed by atoms with Gasteiger partial charge in [0, 0.05) is 17.8 Å². The van der Waals surface area contributed by atoms with Crippen molar-refractivity contribution in [2.75, 3.05) is 5.32 Å². The van der Waals surface area contributed by atoms with Crippen LogP contribution in [0.15, 0.2) is 47.1 Å². The lowest BCUT2D eigenvalue weighted by atomic mass is 10.1. The summed E-state index contributed by atoms with van der Waals surface area (Å²) >= 11 is 5.66. The van der Waals surface area contributed by atoms with Crippen LogP contribution < -0.4 is 5.32 Å². The van der Waals surface area contributed by atoms with Crippen molar-refractivity contribution in [3.05, 3.63) is 53.4 Å². The molecule has 5 nitrogen and oxygen atoms in total. The van der Waals surface area contributed by atoms with Gasteiger partial charge in [0.1, 0.15) is 11.5 Å². The normalized spacial score (nSPS) is 11.5. The summed E-state index contributed by atoms with van der Waals surface area (Å²) in [5.41, 5.74) is 0.163. The molecule has 3 aromatic rings. The highest BCUT2D eigenvalue weighted by atomic mass is 35.5. The Morgan fingerprint density at radius 2 is 1.83 bits per heavy atom. The summed E-state index contributed by atoms with van der Waals surface area (Å²) in [6, 6.07) is 7.74. The number of rotatable bonds is 3. The molecule has 0 spiro atoms. The third kappa shape index (κ3) is 3.59. The number of halogens is 4. The Hall–Kier alpha value is -2.61. The molecule has 2 aromatic heterocycles. The monoisotopic (exact) mass is 340 g/mol. The molecule has 3 rings (SSSR count). The van der Waals surface area contributed by atoms with Crippen LogP contribution in [0.25, 0.3) is 11.3 Å². The van der Waals surface area contributed by atoms with Crippen molar-refractivity contribution in [1.82, 2.24) is 15.1 Å². The van der Waals surface area contributed by atoms with E-state index >= 15 is 0 Å². The second-order valence-electron chi connectivity index (χ2n) is 4.49. The van der Waals surface area contributed by atoms with Crippen molar-refractivity contribution in [3.8, 4) is 11.3 Å². The fraction of sp³-hybridized carbons (Fsp3) is 0.0714. The average molecular weight is 341 g/mol. The quantitative estimate of drug-likeness (QED) is 0.709. The molecule has 2 heterocycles. The summed E-state index contributed by atoms with van der Waals surface area (Å²) < 4.78 is 42.7. The summed E-state index contributed by atoms with van der Waals surface area (Å²) in [5, 5.41) is 6.69. The number of anilines is 2. The standard InChI is InChI=1S/C14H8ClF3N4O/c15-13-19-6-5-11(21-13)20-12-7-10(22-23-12)8-1-3-9(4-2-8)14(16,17)18/h1-7H,(H,19,20,21). The molecule has 23 heavy (non-hydrogen) atoms. The minimum Gasteiger partial charge on any atom is -0.338 e. The molecule has 0 unspecified atom stereocenters. The van der Waals surface area contributed by atoms with Crippen LogP contribution in [-0.2, 0) is 6.18 Å². The van der Waals surface area contributed by atoms with E-state index in [1.165, 1.54) is 18.3 Å². The van der Waals surface area contributed by atoms with Gasteiger partial charge >= 0.3 is 6.18 Å². The van der Waals surface area contributed by atoms with Crippen LogP contribution in [0.2, 0.25) is 5.28 Å².